The third-order valence-electron chi connectivity index (χ3n) is 2.51. The fourth-order valence-corrected chi connectivity index (χ4v) is 1.77. The summed E-state index contributed by atoms with van der Waals surface area (Å²) in [6.07, 6.45) is 5.30. The van der Waals surface area contributed by atoms with Crippen molar-refractivity contribution in [1.29, 1.82) is 0 Å². The van der Waals surface area contributed by atoms with Gasteiger partial charge < -0.3 is 4.79 Å². The second-order valence-electron chi connectivity index (χ2n) is 3.38. The maximum Gasteiger partial charge on any atom is 0.130 e. The summed E-state index contributed by atoms with van der Waals surface area (Å²) >= 11 is 0. The summed E-state index contributed by atoms with van der Waals surface area (Å²) in [6.45, 7) is 0. The van der Waals surface area contributed by atoms with E-state index in [4.69, 9.17) is 0 Å². The maximum absolute atomic E-state index is 10.6. The van der Waals surface area contributed by atoms with Crippen LogP contribution in [-0.2, 0) is 4.79 Å². The van der Waals surface area contributed by atoms with E-state index < -0.39 is 0 Å². The lowest BCUT2D eigenvalue weighted by Gasteiger charge is -2.20. The number of aldehydes is 1. The van der Waals surface area contributed by atoms with Gasteiger partial charge in [-0.25, -0.2) is 0 Å². The number of carbonyl (C=O) groups is 1. The summed E-state index contributed by atoms with van der Waals surface area (Å²) in [6, 6.07) is 0.368. The van der Waals surface area contributed by atoms with Crippen molar-refractivity contribution in [3.8, 4) is 0 Å². The number of carbonyl (C=O) groups excluding carboxylic acids is 1. The maximum atomic E-state index is 10.6. The van der Waals surface area contributed by atoms with Crippen molar-refractivity contribution in [2.45, 2.75) is 18.9 Å². The minimum atomic E-state index is 0.0486. The van der Waals surface area contributed by atoms with Crippen molar-refractivity contribution in [3.63, 3.8) is 0 Å². The van der Waals surface area contributed by atoms with Crippen molar-refractivity contribution in [2.24, 2.45) is 16.9 Å². The molecule has 11 heavy (non-hydrogen) atoms. The summed E-state index contributed by atoms with van der Waals surface area (Å²) < 4.78 is 0. The van der Waals surface area contributed by atoms with Crippen LogP contribution in [0.4, 0.5) is 0 Å². The van der Waals surface area contributed by atoms with Crippen molar-refractivity contribution in [1.82, 2.24) is 5.01 Å². The van der Waals surface area contributed by atoms with Gasteiger partial charge in [0.15, 0.2) is 0 Å². The average Bonchev–Trinajstić information content (AvgIpc) is 2.76. The number of hydrazone groups is 1. The van der Waals surface area contributed by atoms with Gasteiger partial charge >= 0.3 is 0 Å². The lowest BCUT2D eigenvalue weighted by molar-refractivity contribution is -0.110. The highest BCUT2D eigenvalue weighted by atomic mass is 16.1. The molecule has 0 aromatic heterocycles. The molecule has 0 spiro atoms. The molecular weight excluding hydrogens is 140 g/mol. The van der Waals surface area contributed by atoms with Crippen LogP contribution >= 0.6 is 0 Å². The number of nitrogens with zero attached hydrogens (tertiary/aromatic N) is 2. The van der Waals surface area contributed by atoms with Gasteiger partial charge in [0.1, 0.15) is 6.29 Å². The van der Waals surface area contributed by atoms with Gasteiger partial charge in [-0.05, 0) is 18.8 Å². The van der Waals surface area contributed by atoms with Crippen LogP contribution in [-0.4, -0.2) is 30.6 Å². The van der Waals surface area contributed by atoms with Gasteiger partial charge in [-0.15, -0.1) is 0 Å². The Morgan fingerprint density at radius 1 is 1.64 bits per heavy atom. The highest BCUT2D eigenvalue weighted by molar-refractivity contribution is 5.83. The zero-order chi connectivity index (χ0) is 7.84. The summed E-state index contributed by atoms with van der Waals surface area (Å²) in [4.78, 5) is 10.6. The third-order valence-corrected chi connectivity index (χ3v) is 2.51. The quantitative estimate of drug-likeness (QED) is 0.540. The van der Waals surface area contributed by atoms with Gasteiger partial charge in [0.2, 0.25) is 0 Å². The molecular formula is C8H12N2O. The molecule has 2 unspecified atom stereocenters. The first-order valence-corrected chi connectivity index (χ1v) is 4.05. The minimum Gasteiger partial charge on any atom is -0.303 e. The summed E-state index contributed by atoms with van der Waals surface area (Å²) in [5.41, 5.74) is 0. The Morgan fingerprint density at radius 3 is 2.91 bits per heavy atom. The van der Waals surface area contributed by atoms with Gasteiger partial charge in [-0.3, -0.25) is 5.01 Å². The van der Waals surface area contributed by atoms with Gasteiger partial charge in [-0.2, -0.15) is 5.10 Å². The Labute approximate surface area is 66.1 Å². The Balaban J connectivity index is 2.09. The molecule has 2 atom stereocenters. The first kappa shape index (κ1) is 6.83. The fourth-order valence-electron chi connectivity index (χ4n) is 1.77. The van der Waals surface area contributed by atoms with Crippen LogP contribution in [0.1, 0.15) is 12.8 Å². The third kappa shape index (κ3) is 1.04. The minimum absolute atomic E-state index is 0.0486. The molecule has 0 radical (unpaired) electrons. The van der Waals surface area contributed by atoms with Crippen LogP contribution in [0.25, 0.3) is 0 Å². The first-order valence-electron chi connectivity index (χ1n) is 4.05. The van der Waals surface area contributed by atoms with Crippen molar-refractivity contribution < 1.29 is 4.79 Å². The molecule has 0 aromatic rings. The largest absolute Gasteiger partial charge is 0.303 e. The lowest BCUT2D eigenvalue weighted by atomic mass is 9.99. The zero-order valence-corrected chi connectivity index (χ0v) is 6.60. The molecule has 1 heterocycles. The molecule has 60 valence electrons. The zero-order valence-electron chi connectivity index (χ0n) is 6.60. The van der Waals surface area contributed by atoms with E-state index in [1.807, 2.05) is 12.1 Å². The SMILES string of the molecule is CN1N=CC(C=O)C1C1CC1. The summed E-state index contributed by atoms with van der Waals surface area (Å²) in [5.74, 6) is 0.769. The Morgan fingerprint density at radius 2 is 2.36 bits per heavy atom. The Kier molecular flexibility index (Phi) is 1.44. The molecule has 1 saturated carbocycles. The van der Waals surface area contributed by atoms with Gasteiger partial charge in [0.05, 0.1) is 12.0 Å². The molecule has 0 bridgehead atoms. The standard InChI is InChI=1S/C8H12N2O/c1-10-8(6-2-3-6)7(5-11)4-9-10/h4-8H,2-3H2,1H3. The van der Waals surface area contributed by atoms with Crippen LogP contribution in [0.2, 0.25) is 0 Å². The number of hydrogen-bond acceptors (Lipinski definition) is 3. The molecule has 3 heteroatoms. The Bertz CT molecular complexity index is 198. The Hall–Kier alpha value is -0.860. The van der Waals surface area contributed by atoms with Gasteiger partial charge in [-0.1, -0.05) is 0 Å². The lowest BCUT2D eigenvalue weighted by Crippen LogP contribution is -2.32. The van der Waals surface area contributed by atoms with Gasteiger partial charge in [0.25, 0.3) is 0 Å². The predicted molar refractivity (Wildman–Crippen MR) is 42.3 cm³/mol. The van der Waals surface area contributed by atoms with Crippen LogP contribution in [0.5, 0.6) is 0 Å². The van der Waals surface area contributed by atoms with Crippen molar-refractivity contribution in [2.75, 3.05) is 7.05 Å². The molecule has 1 fully saturated rings. The van der Waals surface area contributed by atoms with Crippen molar-refractivity contribution in [3.05, 3.63) is 0 Å². The van der Waals surface area contributed by atoms with Crippen LogP contribution < -0.4 is 0 Å². The second-order valence-corrected chi connectivity index (χ2v) is 3.38. The molecule has 0 N–H and O–H groups in total. The molecule has 0 saturated heterocycles. The van der Waals surface area contributed by atoms with E-state index >= 15 is 0 Å². The topological polar surface area (TPSA) is 32.7 Å². The number of rotatable bonds is 2. The summed E-state index contributed by atoms with van der Waals surface area (Å²) in [5, 5.41) is 6.04. The van der Waals surface area contributed by atoms with E-state index in [0.717, 1.165) is 12.2 Å². The van der Waals surface area contributed by atoms with E-state index in [1.165, 1.54) is 12.8 Å². The smallest absolute Gasteiger partial charge is 0.130 e. The molecule has 2 rings (SSSR count). The van der Waals surface area contributed by atoms with Crippen LogP contribution in [0.15, 0.2) is 5.10 Å². The normalized spacial score (nSPS) is 36.3. The van der Waals surface area contributed by atoms with Gasteiger partial charge in [0, 0.05) is 13.3 Å². The molecule has 0 aromatic carbocycles. The van der Waals surface area contributed by atoms with E-state index in [1.54, 1.807) is 6.21 Å². The average molecular weight is 152 g/mol. The highest BCUT2D eigenvalue weighted by Gasteiger charge is 2.40. The molecule has 1 aliphatic carbocycles. The monoisotopic (exact) mass is 152 g/mol. The van der Waals surface area contributed by atoms with Crippen LogP contribution in [0.3, 0.4) is 0 Å². The second kappa shape index (κ2) is 2.32. The van der Waals surface area contributed by atoms with E-state index in [0.29, 0.717) is 6.04 Å². The highest BCUT2D eigenvalue weighted by Crippen LogP contribution is 2.39. The molecule has 2 aliphatic rings. The predicted octanol–water partition coefficient (Wildman–Crippen LogP) is 0.511. The van der Waals surface area contributed by atoms with Crippen molar-refractivity contribution >= 4 is 12.5 Å². The molecule has 0 amide bonds. The molecule has 3 nitrogen and oxygen atoms in total. The number of hydrogen-bond donors (Lipinski definition) is 0. The summed E-state index contributed by atoms with van der Waals surface area (Å²) in [7, 11) is 1.95. The van der Waals surface area contributed by atoms with E-state index in [9.17, 15) is 4.79 Å². The molecule has 1 aliphatic heterocycles. The first-order chi connectivity index (χ1) is 5.33. The van der Waals surface area contributed by atoms with E-state index in [2.05, 4.69) is 5.10 Å². The fraction of sp³-hybridized carbons (Fsp3) is 0.750. The van der Waals surface area contributed by atoms with E-state index in [-0.39, 0.29) is 5.92 Å². The van der Waals surface area contributed by atoms with Crippen LogP contribution in [0, 0.1) is 11.8 Å².